The highest BCUT2D eigenvalue weighted by Crippen LogP contribution is 2.08. The Kier molecular flexibility index (Phi) is 7.46. The monoisotopic (exact) mass is 363 g/mol. The second-order valence-electron chi connectivity index (χ2n) is 5.58. The number of aliphatic imine (C=N–C) groups is 1. The molecule has 0 aliphatic heterocycles. The van der Waals surface area contributed by atoms with Crippen molar-refractivity contribution in [3.63, 3.8) is 0 Å². The van der Waals surface area contributed by atoms with Crippen molar-refractivity contribution in [1.29, 1.82) is 0 Å². The number of aryl methyl sites for hydroxylation is 2. The van der Waals surface area contributed by atoms with Crippen molar-refractivity contribution in [2.75, 3.05) is 26.7 Å². The minimum Gasteiger partial charge on any atom is -0.459 e. The topological polar surface area (TPSA) is 91.5 Å². The van der Waals surface area contributed by atoms with Crippen LogP contribution in [-0.4, -0.2) is 43.5 Å². The summed E-state index contributed by atoms with van der Waals surface area (Å²) < 4.78 is 5.16. The number of carbonyl (C=O) groups excluding carboxylic acids is 1. The molecule has 0 spiro atoms. The van der Waals surface area contributed by atoms with Crippen molar-refractivity contribution in [1.82, 2.24) is 20.9 Å². The van der Waals surface area contributed by atoms with Crippen LogP contribution >= 0.6 is 11.3 Å². The number of hydrogen-bond acceptors (Lipinski definition) is 5. The molecule has 0 radical (unpaired) electrons. The standard InChI is InChI=1S/C17H25N5O2S/c1-12-6-10-24-15(12)16(23)19-7-4-8-20-17(18-3)21-9-5-14-11-25-13(2)22-14/h6,10-11H,4-5,7-9H2,1-3H3,(H,19,23)(H2,18,20,21). The summed E-state index contributed by atoms with van der Waals surface area (Å²) in [7, 11) is 1.74. The molecular weight excluding hydrogens is 338 g/mol. The van der Waals surface area contributed by atoms with Crippen LogP contribution in [0.25, 0.3) is 0 Å². The van der Waals surface area contributed by atoms with E-state index >= 15 is 0 Å². The molecular formula is C17H25N5O2S. The highest BCUT2D eigenvalue weighted by molar-refractivity contribution is 7.09. The van der Waals surface area contributed by atoms with Crippen molar-refractivity contribution in [3.8, 4) is 0 Å². The van der Waals surface area contributed by atoms with Gasteiger partial charge in [-0.1, -0.05) is 0 Å². The molecule has 0 aliphatic carbocycles. The molecule has 2 rings (SSSR count). The Morgan fingerprint density at radius 1 is 1.24 bits per heavy atom. The second-order valence-corrected chi connectivity index (χ2v) is 6.64. The molecule has 0 saturated carbocycles. The van der Waals surface area contributed by atoms with Gasteiger partial charge in [0.2, 0.25) is 0 Å². The molecule has 0 aliphatic rings. The quantitative estimate of drug-likeness (QED) is 0.378. The molecule has 0 aromatic carbocycles. The summed E-state index contributed by atoms with van der Waals surface area (Å²) in [6, 6.07) is 1.78. The molecule has 2 aromatic rings. The van der Waals surface area contributed by atoms with Crippen LogP contribution in [0.5, 0.6) is 0 Å². The van der Waals surface area contributed by atoms with E-state index in [1.165, 1.54) is 6.26 Å². The Labute approximate surface area is 151 Å². The maximum Gasteiger partial charge on any atom is 0.287 e. The number of amides is 1. The minimum absolute atomic E-state index is 0.177. The zero-order chi connectivity index (χ0) is 18.1. The van der Waals surface area contributed by atoms with E-state index in [1.54, 1.807) is 24.5 Å². The van der Waals surface area contributed by atoms with E-state index in [9.17, 15) is 4.79 Å². The van der Waals surface area contributed by atoms with Gasteiger partial charge in [0.25, 0.3) is 5.91 Å². The number of carbonyl (C=O) groups is 1. The molecule has 0 bridgehead atoms. The third kappa shape index (κ3) is 6.22. The lowest BCUT2D eigenvalue weighted by atomic mass is 10.2. The van der Waals surface area contributed by atoms with Crippen molar-refractivity contribution >= 4 is 23.2 Å². The van der Waals surface area contributed by atoms with Gasteiger partial charge < -0.3 is 20.4 Å². The SMILES string of the molecule is CN=C(NCCCNC(=O)c1occc1C)NCCc1csc(C)n1. The Morgan fingerprint density at radius 3 is 2.64 bits per heavy atom. The van der Waals surface area contributed by atoms with E-state index in [0.717, 1.165) is 41.6 Å². The first kappa shape index (κ1) is 19.0. The molecule has 2 aromatic heterocycles. The van der Waals surface area contributed by atoms with Gasteiger partial charge in [-0.25, -0.2) is 4.98 Å². The molecule has 3 N–H and O–H groups in total. The lowest BCUT2D eigenvalue weighted by Crippen LogP contribution is -2.39. The summed E-state index contributed by atoms with van der Waals surface area (Å²) in [4.78, 5) is 20.5. The van der Waals surface area contributed by atoms with E-state index in [-0.39, 0.29) is 5.91 Å². The van der Waals surface area contributed by atoms with Crippen LogP contribution in [0.15, 0.2) is 27.1 Å². The average molecular weight is 363 g/mol. The first-order valence-electron chi connectivity index (χ1n) is 8.28. The maximum atomic E-state index is 11.9. The Balaban J connectivity index is 1.58. The lowest BCUT2D eigenvalue weighted by molar-refractivity contribution is 0.0925. The number of guanidine groups is 1. The highest BCUT2D eigenvalue weighted by Gasteiger charge is 2.11. The average Bonchev–Trinajstić information content (AvgIpc) is 3.21. The largest absolute Gasteiger partial charge is 0.459 e. The first-order chi connectivity index (χ1) is 12.1. The molecule has 1 amide bonds. The first-order valence-corrected chi connectivity index (χ1v) is 9.16. The molecule has 136 valence electrons. The molecule has 8 heteroatoms. The van der Waals surface area contributed by atoms with Crippen molar-refractivity contribution in [2.24, 2.45) is 4.99 Å². The summed E-state index contributed by atoms with van der Waals surface area (Å²) in [5.74, 6) is 0.950. The molecule has 0 atom stereocenters. The summed E-state index contributed by atoms with van der Waals surface area (Å²) in [6.45, 7) is 5.92. The van der Waals surface area contributed by atoms with Gasteiger partial charge in [-0.15, -0.1) is 11.3 Å². The normalized spacial score (nSPS) is 11.4. The van der Waals surface area contributed by atoms with Gasteiger partial charge in [0, 0.05) is 44.0 Å². The molecule has 0 unspecified atom stereocenters. The van der Waals surface area contributed by atoms with Crippen LogP contribution in [0.2, 0.25) is 0 Å². The van der Waals surface area contributed by atoms with E-state index in [2.05, 4.69) is 31.3 Å². The Hall–Kier alpha value is -2.35. The zero-order valence-electron chi connectivity index (χ0n) is 14.9. The predicted octanol–water partition coefficient (Wildman–Crippen LogP) is 1.88. The van der Waals surface area contributed by atoms with Gasteiger partial charge in [0.05, 0.1) is 17.0 Å². The summed E-state index contributed by atoms with van der Waals surface area (Å²) in [6.07, 6.45) is 3.18. The Morgan fingerprint density at radius 2 is 2.00 bits per heavy atom. The maximum absolute atomic E-state index is 11.9. The number of aromatic nitrogens is 1. The number of furan rings is 1. The molecule has 7 nitrogen and oxygen atoms in total. The smallest absolute Gasteiger partial charge is 0.287 e. The molecule has 0 fully saturated rings. The zero-order valence-corrected chi connectivity index (χ0v) is 15.7. The van der Waals surface area contributed by atoms with Gasteiger partial charge in [-0.3, -0.25) is 9.79 Å². The summed E-state index contributed by atoms with van der Waals surface area (Å²) in [5.41, 5.74) is 1.94. The number of nitrogens with one attached hydrogen (secondary N) is 3. The summed E-state index contributed by atoms with van der Waals surface area (Å²) in [5, 5.41) is 12.5. The molecule has 2 heterocycles. The fourth-order valence-electron chi connectivity index (χ4n) is 2.24. The lowest BCUT2D eigenvalue weighted by Gasteiger charge is -2.11. The number of nitrogens with zero attached hydrogens (tertiary/aromatic N) is 2. The van der Waals surface area contributed by atoms with Crippen molar-refractivity contribution < 1.29 is 9.21 Å². The second kappa shape index (κ2) is 9.83. The van der Waals surface area contributed by atoms with Gasteiger partial charge in [-0.2, -0.15) is 0 Å². The summed E-state index contributed by atoms with van der Waals surface area (Å²) >= 11 is 1.66. The fourth-order valence-corrected chi connectivity index (χ4v) is 2.88. The van der Waals surface area contributed by atoms with Crippen LogP contribution in [0.3, 0.4) is 0 Å². The van der Waals surface area contributed by atoms with Crippen molar-refractivity contribution in [3.05, 3.63) is 39.7 Å². The molecule has 0 saturated heterocycles. The van der Waals surface area contributed by atoms with Crippen LogP contribution in [0, 0.1) is 13.8 Å². The highest BCUT2D eigenvalue weighted by atomic mass is 32.1. The number of hydrogen-bond donors (Lipinski definition) is 3. The van der Waals surface area contributed by atoms with Crippen molar-refractivity contribution in [2.45, 2.75) is 26.7 Å². The van der Waals surface area contributed by atoms with Crippen LogP contribution in [0.1, 0.15) is 33.2 Å². The number of thiazole rings is 1. The third-order valence-electron chi connectivity index (χ3n) is 3.56. The van der Waals surface area contributed by atoms with Crippen LogP contribution < -0.4 is 16.0 Å². The van der Waals surface area contributed by atoms with E-state index < -0.39 is 0 Å². The third-order valence-corrected chi connectivity index (χ3v) is 4.39. The van der Waals surface area contributed by atoms with Crippen LogP contribution in [-0.2, 0) is 6.42 Å². The predicted molar refractivity (Wildman–Crippen MR) is 100 cm³/mol. The minimum atomic E-state index is -0.177. The Bertz CT molecular complexity index is 707. The van der Waals surface area contributed by atoms with Gasteiger partial charge in [0.1, 0.15) is 0 Å². The van der Waals surface area contributed by atoms with Gasteiger partial charge >= 0.3 is 0 Å². The van der Waals surface area contributed by atoms with Gasteiger partial charge in [0.15, 0.2) is 11.7 Å². The fraction of sp³-hybridized carbons (Fsp3) is 0.471. The van der Waals surface area contributed by atoms with Crippen LogP contribution in [0.4, 0.5) is 0 Å². The molecule has 25 heavy (non-hydrogen) atoms. The number of rotatable bonds is 8. The van der Waals surface area contributed by atoms with E-state index in [4.69, 9.17) is 4.42 Å². The van der Waals surface area contributed by atoms with Gasteiger partial charge in [-0.05, 0) is 26.3 Å². The van der Waals surface area contributed by atoms with E-state index in [0.29, 0.717) is 18.8 Å². The van der Waals surface area contributed by atoms with E-state index in [1.807, 2.05) is 13.8 Å².